The van der Waals surface area contributed by atoms with Crippen molar-refractivity contribution < 1.29 is 14.6 Å². The van der Waals surface area contributed by atoms with E-state index in [0.29, 0.717) is 13.0 Å². The maximum atomic E-state index is 11.4. The van der Waals surface area contributed by atoms with Crippen molar-refractivity contribution in [3.05, 3.63) is 42.1 Å². The van der Waals surface area contributed by atoms with Crippen molar-refractivity contribution >= 4 is 5.91 Å². The molecule has 2 aliphatic heterocycles. The summed E-state index contributed by atoms with van der Waals surface area (Å²) in [5.41, 5.74) is 2.13. The molecular formula is C22H30N4O3. The molecule has 1 aromatic carbocycles. The van der Waals surface area contributed by atoms with Crippen molar-refractivity contribution in [1.82, 2.24) is 20.4 Å². The van der Waals surface area contributed by atoms with Crippen molar-refractivity contribution in [3.8, 4) is 11.3 Å². The minimum Gasteiger partial charge on any atom is -0.388 e. The van der Waals surface area contributed by atoms with E-state index in [4.69, 9.17) is 4.74 Å². The van der Waals surface area contributed by atoms with Crippen LogP contribution >= 0.6 is 0 Å². The monoisotopic (exact) mass is 398 g/mol. The van der Waals surface area contributed by atoms with E-state index < -0.39 is 5.60 Å². The molecule has 0 radical (unpaired) electrons. The van der Waals surface area contributed by atoms with Gasteiger partial charge in [0.1, 0.15) is 0 Å². The van der Waals surface area contributed by atoms with E-state index in [1.165, 1.54) is 12.5 Å². The Morgan fingerprint density at radius 1 is 1.34 bits per heavy atom. The van der Waals surface area contributed by atoms with Crippen LogP contribution in [0, 0.1) is 0 Å². The quantitative estimate of drug-likeness (QED) is 0.734. The van der Waals surface area contributed by atoms with Crippen molar-refractivity contribution in [3.63, 3.8) is 0 Å². The number of nitrogens with one attached hydrogen (secondary N) is 2. The van der Waals surface area contributed by atoms with Crippen LogP contribution in [0.5, 0.6) is 0 Å². The summed E-state index contributed by atoms with van der Waals surface area (Å²) in [7, 11) is 0. The minimum atomic E-state index is -0.961. The van der Waals surface area contributed by atoms with Crippen molar-refractivity contribution in [1.29, 1.82) is 0 Å². The molecule has 2 fully saturated rings. The summed E-state index contributed by atoms with van der Waals surface area (Å²) in [4.78, 5) is 13.8. The van der Waals surface area contributed by atoms with Gasteiger partial charge in [0.25, 0.3) is 0 Å². The van der Waals surface area contributed by atoms with Crippen LogP contribution in [0.1, 0.15) is 38.7 Å². The van der Waals surface area contributed by atoms with E-state index in [1.807, 2.05) is 31.3 Å². The Bertz CT molecular complexity index is 841. The van der Waals surface area contributed by atoms with Crippen molar-refractivity contribution in [2.24, 2.45) is 0 Å². The predicted octanol–water partition coefficient (Wildman–Crippen LogP) is 2.09. The van der Waals surface area contributed by atoms with Gasteiger partial charge in [0.2, 0.25) is 5.91 Å². The predicted molar refractivity (Wildman–Crippen MR) is 110 cm³/mol. The fraction of sp³-hybridized carbons (Fsp3) is 0.545. The van der Waals surface area contributed by atoms with Crippen molar-refractivity contribution in [2.75, 3.05) is 19.7 Å². The molecule has 0 unspecified atom stereocenters. The third-order valence-electron chi connectivity index (χ3n) is 6.31. The largest absolute Gasteiger partial charge is 0.388 e. The normalized spacial score (nSPS) is 27.1. The lowest BCUT2D eigenvalue weighted by Gasteiger charge is -2.51. The average molecular weight is 399 g/mol. The second-order valence-corrected chi connectivity index (χ2v) is 8.69. The number of aromatic amines is 1. The highest BCUT2D eigenvalue weighted by Crippen LogP contribution is 2.40. The first-order valence-electron chi connectivity index (χ1n) is 10.3. The molecule has 2 aromatic rings. The number of piperidine rings is 1. The molecule has 0 saturated carbocycles. The number of H-pyrrole nitrogens is 1. The number of amides is 1. The fourth-order valence-corrected chi connectivity index (χ4v) is 4.68. The first-order chi connectivity index (χ1) is 13.9. The number of nitrogens with zero attached hydrogens (tertiary/aromatic N) is 2. The summed E-state index contributed by atoms with van der Waals surface area (Å²) in [5.74, 6) is -0.140. The maximum Gasteiger partial charge on any atom is 0.217 e. The Morgan fingerprint density at radius 3 is 2.72 bits per heavy atom. The Balaban J connectivity index is 1.37. The molecule has 2 aliphatic rings. The summed E-state index contributed by atoms with van der Waals surface area (Å²) < 4.78 is 6.21. The third kappa shape index (κ3) is 4.37. The number of ether oxygens (including phenoxy) is 1. The fourth-order valence-electron chi connectivity index (χ4n) is 4.68. The van der Waals surface area contributed by atoms with Gasteiger partial charge in [-0.05, 0) is 25.3 Å². The summed E-state index contributed by atoms with van der Waals surface area (Å²) in [6.07, 6.45) is 4.19. The second kappa shape index (κ2) is 7.89. The van der Waals surface area contributed by atoms with Crippen LogP contribution < -0.4 is 5.32 Å². The van der Waals surface area contributed by atoms with Gasteiger partial charge in [-0.3, -0.25) is 14.8 Å². The van der Waals surface area contributed by atoms with Crippen molar-refractivity contribution in [2.45, 2.75) is 56.9 Å². The molecule has 0 aliphatic carbocycles. The average Bonchev–Trinajstić information content (AvgIpc) is 3.14. The smallest absolute Gasteiger partial charge is 0.217 e. The zero-order valence-electron chi connectivity index (χ0n) is 17.1. The van der Waals surface area contributed by atoms with Gasteiger partial charge < -0.3 is 15.2 Å². The zero-order valence-corrected chi connectivity index (χ0v) is 17.1. The molecule has 1 amide bonds. The number of hydrogen-bond acceptors (Lipinski definition) is 5. The minimum absolute atomic E-state index is 0.140. The van der Waals surface area contributed by atoms with Crippen LogP contribution in [0.15, 0.2) is 36.5 Å². The van der Waals surface area contributed by atoms with Crippen LogP contribution in [0.3, 0.4) is 0 Å². The lowest BCUT2D eigenvalue weighted by Crippen LogP contribution is -2.63. The first kappa shape index (κ1) is 20.1. The molecule has 3 heterocycles. The van der Waals surface area contributed by atoms with Gasteiger partial charge in [-0.2, -0.15) is 5.10 Å². The number of rotatable bonds is 4. The molecular weight excluding hydrogens is 368 g/mol. The van der Waals surface area contributed by atoms with Gasteiger partial charge in [0.15, 0.2) is 0 Å². The maximum absolute atomic E-state index is 11.4. The Kier molecular flexibility index (Phi) is 5.46. The molecule has 156 valence electrons. The molecule has 1 spiro atoms. The summed E-state index contributed by atoms with van der Waals surface area (Å²) in [6.45, 7) is 6.27. The van der Waals surface area contributed by atoms with E-state index in [-0.39, 0.29) is 17.6 Å². The van der Waals surface area contributed by atoms with E-state index in [0.717, 1.165) is 43.7 Å². The van der Waals surface area contributed by atoms with Crippen LogP contribution in [0.4, 0.5) is 0 Å². The molecule has 3 N–H and O–H groups in total. The van der Waals surface area contributed by atoms with Crippen LogP contribution in [0.25, 0.3) is 11.3 Å². The van der Waals surface area contributed by atoms with E-state index in [2.05, 4.69) is 32.5 Å². The number of likely N-dealkylation sites (tertiary alicyclic amines) is 1. The van der Waals surface area contributed by atoms with Gasteiger partial charge in [-0.25, -0.2) is 0 Å². The lowest BCUT2D eigenvalue weighted by atomic mass is 9.75. The zero-order chi connectivity index (χ0) is 20.5. The molecule has 0 bridgehead atoms. The molecule has 2 atom stereocenters. The Hall–Kier alpha value is -2.22. The highest BCUT2D eigenvalue weighted by molar-refractivity contribution is 5.73. The Morgan fingerprint density at radius 2 is 2.07 bits per heavy atom. The van der Waals surface area contributed by atoms with E-state index >= 15 is 0 Å². The summed E-state index contributed by atoms with van der Waals surface area (Å²) in [5, 5.41) is 21.1. The van der Waals surface area contributed by atoms with E-state index in [9.17, 15) is 9.90 Å². The number of hydrogen-bond donors (Lipinski definition) is 3. The molecule has 7 nitrogen and oxygen atoms in total. The molecule has 1 aromatic heterocycles. The van der Waals surface area contributed by atoms with Gasteiger partial charge in [0, 0.05) is 38.5 Å². The first-order valence-corrected chi connectivity index (χ1v) is 10.3. The molecule has 4 rings (SSSR count). The van der Waals surface area contributed by atoms with Gasteiger partial charge >= 0.3 is 0 Å². The molecule has 7 heteroatoms. The summed E-state index contributed by atoms with van der Waals surface area (Å²) >= 11 is 0. The van der Waals surface area contributed by atoms with Gasteiger partial charge in [0.05, 0.1) is 35.7 Å². The number of carbonyl (C=O) groups excluding carboxylic acids is 1. The second-order valence-electron chi connectivity index (χ2n) is 8.69. The standard InChI is InChI=1S/C22H30N4O3/c1-16(27)24-19-14-29-22(15-21(19,2)28)8-10-26(11-9-22)13-18-12-23-25-20(18)17-6-4-3-5-7-17/h3-7,12,19,28H,8-11,13-15H2,1-2H3,(H,23,25)(H,24,27)/t19-,21-/m0/s1. The highest BCUT2D eigenvalue weighted by atomic mass is 16.5. The van der Waals surface area contributed by atoms with Gasteiger partial charge in [-0.15, -0.1) is 0 Å². The highest BCUT2D eigenvalue weighted by Gasteiger charge is 2.49. The number of aliphatic hydroxyl groups is 1. The number of aromatic nitrogens is 2. The summed E-state index contributed by atoms with van der Waals surface area (Å²) in [6, 6.07) is 9.90. The van der Waals surface area contributed by atoms with Crippen LogP contribution in [0.2, 0.25) is 0 Å². The van der Waals surface area contributed by atoms with Crippen LogP contribution in [-0.4, -0.2) is 63.1 Å². The topological polar surface area (TPSA) is 90.5 Å². The van der Waals surface area contributed by atoms with E-state index in [1.54, 1.807) is 0 Å². The molecule has 29 heavy (non-hydrogen) atoms. The SMILES string of the molecule is CC(=O)N[C@H]1COC2(CCN(Cc3cn[nH]c3-c3ccccc3)CC2)C[C@]1(C)O. The Labute approximate surface area is 171 Å². The van der Waals surface area contributed by atoms with Crippen LogP contribution in [-0.2, 0) is 16.1 Å². The van der Waals surface area contributed by atoms with Gasteiger partial charge in [-0.1, -0.05) is 30.3 Å². The molecule has 2 saturated heterocycles. The number of benzene rings is 1. The lowest BCUT2D eigenvalue weighted by molar-refractivity contribution is -0.189. The number of carbonyl (C=O) groups is 1. The third-order valence-corrected chi connectivity index (χ3v) is 6.31.